The molecule has 2 rings (SSSR count). The molecule has 0 unspecified atom stereocenters. The van der Waals surface area contributed by atoms with Crippen molar-refractivity contribution in [2.24, 2.45) is 0 Å². The molecule has 0 bridgehead atoms. The van der Waals surface area contributed by atoms with Gasteiger partial charge in [-0.25, -0.2) is 18.4 Å². The minimum atomic E-state index is -3.96. The van der Waals surface area contributed by atoms with Crippen molar-refractivity contribution in [3.63, 3.8) is 0 Å². The minimum Gasteiger partial charge on any atom is -0.310 e. The second-order valence-electron chi connectivity index (χ2n) is 4.97. The van der Waals surface area contributed by atoms with E-state index >= 15 is 0 Å². The number of rotatable bonds is 5. The highest BCUT2D eigenvalue weighted by atomic mass is 79.9. The maximum absolute atomic E-state index is 12.5. The predicted octanol–water partition coefficient (Wildman–Crippen LogP) is 2.46. The second-order valence-corrected chi connectivity index (χ2v) is 8.26. The average molecular weight is 434 g/mol. The zero-order chi connectivity index (χ0) is 17.9. The molecule has 0 saturated heterocycles. The summed E-state index contributed by atoms with van der Waals surface area (Å²) >= 11 is 9.00. The van der Waals surface area contributed by atoms with E-state index < -0.39 is 15.9 Å². The minimum absolute atomic E-state index is 0.161. The van der Waals surface area contributed by atoms with Gasteiger partial charge in [0, 0.05) is 23.9 Å². The van der Waals surface area contributed by atoms with Crippen LogP contribution < -0.4 is 5.32 Å². The number of carbonyl (C=O) groups is 1. The van der Waals surface area contributed by atoms with Gasteiger partial charge in [-0.2, -0.15) is 4.31 Å². The van der Waals surface area contributed by atoms with Crippen LogP contribution >= 0.6 is 27.5 Å². The number of hydrogen-bond donors (Lipinski definition) is 1. The van der Waals surface area contributed by atoms with E-state index in [4.69, 9.17) is 11.6 Å². The standard InChI is InChI=1S/C14H14BrClN4O3S/c1-9-3-4-12(17-6-9)19-13(21)8-20(2)24(22,23)11-5-10(15)7-18-14(11)16/h3-7H,8H2,1-2H3,(H,17,19,21). The first kappa shape index (κ1) is 18.8. The van der Waals surface area contributed by atoms with Crippen molar-refractivity contribution < 1.29 is 13.2 Å². The summed E-state index contributed by atoms with van der Waals surface area (Å²) in [5.74, 6) is -0.171. The topological polar surface area (TPSA) is 92.3 Å². The molecule has 1 amide bonds. The quantitative estimate of drug-likeness (QED) is 0.731. The fourth-order valence-corrected chi connectivity index (χ4v) is 3.81. The lowest BCUT2D eigenvalue weighted by atomic mass is 10.3. The molecule has 0 aliphatic carbocycles. The molecule has 0 radical (unpaired) electrons. The monoisotopic (exact) mass is 432 g/mol. The molecule has 0 spiro atoms. The third-order valence-corrected chi connectivity index (χ3v) is 5.67. The molecular weight excluding hydrogens is 420 g/mol. The van der Waals surface area contributed by atoms with Crippen molar-refractivity contribution in [2.45, 2.75) is 11.8 Å². The van der Waals surface area contributed by atoms with Crippen LogP contribution in [0.5, 0.6) is 0 Å². The van der Waals surface area contributed by atoms with Crippen molar-refractivity contribution in [1.82, 2.24) is 14.3 Å². The van der Waals surface area contributed by atoms with E-state index in [1.807, 2.05) is 6.92 Å². The molecule has 10 heteroatoms. The first-order chi connectivity index (χ1) is 11.2. The molecule has 2 aromatic rings. The van der Waals surface area contributed by atoms with Crippen LogP contribution in [-0.2, 0) is 14.8 Å². The number of aromatic nitrogens is 2. The van der Waals surface area contributed by atoms with E-state index in [1.54, 1.807) is 18.3 Å². The number of pyridine rings is 2. The summed E-state index contributed by atoms with van der Waals surface area (Å²) in [5.41, 5.74) is 0.949. The Morgan fingerprint density at radius 1 is 1.33 bits per heavy atom. The van der Waals surface area contributed by atoms with Crippen LogP contribution in [0.15, 0.2) is 40.0 Å². The summed E-state index contributed by atoms with van der Waals surface area (Å²) in [4.78, 5) is 19.7. The molecule has 0 aromatic carbocycles. The smallest absolute Gasteiger partial charge is 0.246 e. The van der Waals surface area contributed by atoms with E-state index in [0.717, 1.165) is 9.87 Å². The first-order valence-electron chi connectivity index (χ1n) is 6.70. The van der Waals surface area contributed by atoms with Crippen LogP contribution in [0.1, 0.15) is 5.56 Å². The fraction of sp³-hybridized carbons (Fsp3) is 0.214. The van der Waals surface area contributed by atoms with Crippen LogP contribution in [0.4, 0.5) is 5.82 Å². The van der Waals surface area contributed by atoms with Crippen molar-refractivity contribution in [2.75, 3.05) is 18.9 Å². The number of halogens is 2. The maximum atomic E-state index is 12.5. The van der Waals surface area contributed by atoms with Gasteiger partial charge in [-0.1, -0.05) is 17.7 Å². The highest BCUT2D eigenvalue weighted by Gasteiger charge is 2.26. The van der Waals surface area contributed by atoms with Crippen molar-refractivity contribution in [1.29, 1.82) is 0 Å². The summed E-state index contributed by atoms with van der Waals surface area (Å²) in [6.45, 7) is 1.48. The lowest BCUT2D eigenvalue weighted by Crippen LogP contribution is -2.35. The second kappa shape index (κ2) is 7.56. The van der Waals surface area contributed by atoms with Gasteiger partial charge in [-0.3, -0.25) is 4.79 Å². The number of anilines is 1. The third kappa shape index (κ3) is 4.50. The van der Waals surface area contributed by atoms with E-state index in [-0.39, 0.29) is 16.6 Å². The molecule has 0 aliphatic rings. The highest BCUT2D eigenvalue weighted by Crippen LogP contribution is 2.25. The number of nitrogens with one attached hydrogen (secondary N) is 1. The molecule has 0 atom stereocenters. The van der Waals surface area contributed by atoms with Gasteiger partial charge in [0.15, 0.2) is 0 Å². The van der Waals surface area contributed by atoms with Crippen molar-refractivity contribution >= 4 is 49.3 Å². The molecule has 24 heavy (non-hydrogen) atoms. The van der Waals surface area contributed by atoms with Gasteiger partial charge in [0.2, 0.25) is 15.9 Å². The van der Waals surface area contributed by atoms with Gasteiger partial charge in [-0.05, 0) is 40.5 Å². The van der Waals surface area contributed by atoms with Gasteiger partial charge >= 0.3 is 0 Å². The summed E-state index contributed by atoms with van der Waals surface area (Å²) in [7, 11) is -2.67. The maximum Gasteiger partial charge on any atom is 0.246 e. The average Bonchev–Trinajstić information content (AvgIpc) is 2.51. The van der Waals surface area contributed by atoms with Crippen LogP contribution in [-0.4, -0.2) is 42.2 Å². The predicted molar refractivity (Wildman–Crippen MR) is 94.4 cm³/mol. The molecule has 0 saturated carbocycles. The molecule has 2 heterocycles. The molecule has 128 valence electrons. The van der Waals surface area contributed by atoms with E-state index in [1.165, 1.54) is 19.3 Å². The van der Waals surface area contributed by atoms with Gasteiger partial charge in [0.1, 0.15) is 15.9 Å². The molecule has 7 nitrogen and oxygen atoms in total. The highest BCUT2D eigenvalue weighted by molar-refractivity contribution is 9.10. The first-order valence-corrected chi connectivity index (χ1v) is 9.31. The van der Waals surface area contributed by atoms with Crippen LogP contribution in [0, 0.1) is 6.92 Å². The molecule has 1 N–H and O–H groups in total. The van der Waals surface area contributed by atoms with Gasteiger partial charge in [0.25, 0.3) is 0 Å². The number of carbonyl (C=O) groups excluding carboxylic acids is 1. The number of likely N-dealkylation sites (N-methyl/N-ethyl adjacent to an activating group) is 1. The number of amides is 1. The summed E-state index contributed by atoms with van der Waals surface area (Å²) in [5, 5.41) is 2.37. The van der Waals surface area contributed by atoms with Gasteiger partial charge in [0.05, 0.1) is 6.54 Å². The lowest BCUT2D eigenvalue weighted by molar-refractivity contribution is -0.116. The Bertz CT molecular complexity index is 859. The molecule has 0 fully saturated rings. The normalized spacial score (nSPS) is 11.5. The fourth-order valence-electron chi connectivity index (χ4n) is 1.76. The Hall–Kier alpha value is -1.55. The van der Waals surface area contributed by atoms with Crippen LogP contribution in [0.25, 0.3) is 0 Å². The summed E-state index contributed by atoms with van der Waals surface area (Å²) in [6.07, 6.45) is 2.99. The Balaban J connectivity index is 2.12. The van der Waals surface area contributed by atoms with E-state index in [9.17, 15) is 13.2 Å². The van der Waals surface area contributed by atoms with Crippen molar-refractivity contribution in [3.8, 4) is 0 Å². The lowest BCUT2D eigenvalue weighted by Gasteiger charge is -2.17. The Morgan fingerprint density at radius 2 is 2.04 bits per heavy atom. The Labute approximate surface area is 153 Å². The molecular formula is C14H14BrClN4O3S. The van der Waals surface area contributed by atoms with E-state index in [0.29, 0.717) is 10.3 Å². The Morgan fingerprint density at radius 3 is 2.67 bits per heavy atom. The third-order valence-electron chi connectivity index (χ3n) is 3.01. The Kier molecular flexibility index (Phi) is 5.92. The zero-order valence-corrected chi connectivity index (χ0v) is 16.0. The molecule has 0 aliphatic heterocycles. The van der Waals surface area contributed by atoms with Gasteiger partial charge in [-0.15, -0.1) is 0 Å². The number of sulfonamides is 1. The van der Waals surface area contributed by atoms with Crippen molar-refractivity contribution in [3.05, 3.63) is 45.8 Å². The largest absolute Gasteiger partial charge is 0.310 e. The number of aryl methyl sites for hydroxylation is 1. The summed E-state index contributed by atoms with van der Waals surface area (Å²) < 4.78 is 26.4. The van der Waals surface area contributed by atoms with E-state index in [2.05, 4.69) is 31.2 Å². The molecule has 2 aromatic heterocycles. The summed E-state index contributed by atoms with van der Waals surface area (Å²) in [6, 6.07) is 4.76. The van der Waals surface area contributed by atoms with Crippen LogP contribution in [0.2, 0.25) is 5.15 Å². The number of nitrogens with zero attached hydrogens (tertiary/aromatic N) is 3. The number of hydrogen-bond acceptors (Lipinski definition) is 5. The SMILES string of the molecule is Cc1ccc(NC(=O)CN(C)S(=O)(=O)c2cc(Br)cnc2Cl)nc1. The zero-order valence-electron chi connectivity index (χ0n) is 12.8. The van der Waals surface area contributed by atoms with Crippen LogP contribution in [0.3, 0.4) is 0 Å². The van der Waals surface area contributed by atoms with Gasteiger partial charge < -0.3 is 5.32 Å².